The molecule has 1 fully saturated rings. The Hall–Kier alpha value is -0.0800. The van der Waals surface area contributed by atoms with Gasteiger partial charge in [0.15, 0.2) is 0 Å². The molecule has 0 aromatic rings. The second-order valence-electron chi connectivity index (χ2n) is 5.18. The maximum atomic E-state index is 5.96. The molecule has 1 aliphatic carbocycles. The normalized spacial score (nSPS) is 27.0. The molecule has 0 heterocycles. The first-order valence-electron chi connectivity index (χ1n) is 7.27. The zero-order valence-electron chi connectivity index (χ0n) is 11.3. The van der Waals surface area contributed by atoms with E-state index >= 15 is 0 Å². The first-order chi connectivity index (χ1) is 7.83. The molecule has 2 unspecified atom stereocenters. The molecular formula is C14H30N2. The maximum Gasteiger partial charge on any atom is 0.0135 e. The molecule has 0 aromatic heterocycles. The van der Waals surface area contributed by atoms with Gasteiger partial charge in [-0.1, -0.05) is 39.5 Å². The Bertz CT molecular complexity index is 170. The molecule has 0 aliphatic heterocycles. The summed E-state index contributed by atoms with van der Waals surface area (Å²) < 4.78 is 0. The Kier molecular flexibility index (Phi) is 7.06. The number of hydrogen-bond donors (Lipinski definition) is 1. The summed E-state index contributed by atoms with van der Waals surface area (Å²) in [5, 5.41) is 0. The minimum absolute atomic E-state index is 0.749. The molecule has 0 bridgehead atoms. The lowest BCUT2D eigenvalue weighted by atomic mass is 9.93. The van der Waals surface area contributed by atoms with Crippen molar-refractivity contribution in [3.05, 3.63) is 0 Å². The van der Waals surface area contributed by atoms with Gasteiger partial charge in [-0.15, -0.1) is 0 Å². The Labute approximate surface area is 102 Å². The molecule has 1 saturated carbocycles. The molecule has 16 heavy (non-hydrogen) atoms. The highest BCUT2D eigenvalue weighted by Gasteiger charge is 2.26. The van der Waals surface area contributed by atoms with Crippen molar-refractivity contribution in [2.24, 2.45) is 11.7 Å². The molecule has 0 aromatic carbocycles. The van der Waals surface area contributed by atoms with Gasteiger partial charge < -0.3 is 10.6 Å². The van der Waals surface area contributed by atoms with Gasteiger partial charge in [-0.3, -0.25) is 0 Å². The van der Waals surface area contributed by atoms with Gasteiger partial charge in [0.1, 0.15) is 0 Å². The van der Waals surface area contributed by atoms with Crippen LogP contribution in [0.25, 0.3) is 0 Å². The van der Waals surface area contributed by atoms with E-state index in [1.54, 1.807) is 0 Å². The topological polar surface area (TPSA) is 29.3 Å². The van der Waals surface area contributed by atoms with Gasteiger partial charge in [0, 0.05) is 6.04 Å². The number of hydrogen-bond acceptors (Lipinski definition) is 2. The summed E-state index contributed by atoms with van der Waals surface area (Å²) in [5.41, 5.74) is 5.96. The van der Waals surface area contributed by atoms with Crippen molar-refractivity contribution in [1.82, 2.24) is 4.90 Å². The standard InChI is InChI=1S/C14H30N2/c1-3-5-11-16(4-2)14-10-8-6-7-9-13(14)12-15/h13-14H,3-12,15H2,1-2H3. The fraction of sp³-hybridized carbons (Fsp3) is 1.00. The van der Waals surface area contributed by atoms with Crippen molar-refractivity contribution in [1.29, 1.82) is 0 Å². The summed E-state index contributed by atoms with van der Waals surface area (Å²) in [7, 11) is 0. The molecule has 2 heteroatoms. The van der Waals surface area contributed by atoms with Crippen molar-refractivity contribution in [3.8, 4) is 0 Å². The molecule has 1 rings (SSSR count). The van der Waals surface area contributed by atoms with E-state index in [2.05, 4.69) is 18.7 Å². The molecule has 0 spiro atoms. The van der Waals surface area contributed by atoms with Crippen LogP contribution in [0, 0.1) is 5.92 Å². The minimum atomic E-state index is 0.749. The average molecular weight is 226 g/mol. The monoisotopic (exact) mass is 226 g/mol. The fourth-order valence-corrected chi connectivity index (χ4v) is 3.04. The van der Waals surface area contributed by atoms with E-state index < -0.39 is 0 Å². The summed E-state index contributed by atoms with van der Waals surface area (Å²) in [6.07, 6.45) is 9.58. The zero-order chi connectivity index (χ0) is 11.8. The lowest BCUT2D eigenvalue weighted by Crippen LogP contribution is -2.43. The van der Waals surface area contributed by atoms with Gasteiger partial charge >= 0.3 is 0 Å². The van der Waals surface area contributed by atoms with Gasteiger partial charge in [0.2, 0.25) is 0 Å². The van der Waals surface area contributed by atoms with Crippen LogP contribution in [0.1, 0.15) is 58.8 Å². The SMILES string of the molecule is CCCCN(CC)C1CCCCCC1CN. The third-order valence-electron chi connectivity index (χ3n) is 4.10. The van der Waals surface area contributed by atoms with E-state index in [-0.39, 0.29) is 0 Å². The molecule has 2 nitrogen and oxygen atoms in total. The third-order valence-corrected chi connectivity index (χ3v) is 4.10. The lowest BCUT2D eigenvalue weighted by molar-refractivity contribution is 0.140. The summed E-state index contributed by atoms with van der Waals surface area (Å²) >= 11 is 0. The molecule has 96 valence electrons. The predicted octanol–water partition coefficient (Wildman–Crippen LogP) is 3.02. The van der Waals surface area contributed by atoms with Crippen molar-refractivity contribution in [2.45, 2.75) is 64.8 Å². The second kappa shape index (κ2) is 8.08. The van der Waals surface area contributed by atoms with E-state index in [0.717, 1.165) is 18.5 Å². The van der Waals surface area contributed by atoms with Gasteiger partial charge in [0.05, 0.1) is 0 Å². The van der Waals surface area contributed by atoms with E-state index in [1.807, 2.05) is 0 Å². The van der Waals surface area contributed by atoms with E-state index in [0.29, 0.717) is 0 Å². The highest BCUT2D eigenvalue weighted by Crippen LogP contribution is 2.27. The largest absolute Gasteiger partial charge is 0.330 e. The van der Waals surface area contributed by atoms with Gasteiger partial charge in [-0.25, -0.2) is 0 Å². The third kappa shape index (κ3) is 4.06. The summed E-state index contributed by atoms with van der Waals surface area (Å²) in [5.74, 6) is 0.749. The van der Waals surface area contributed by atoms with Crippen molar-refractivity contribution in [2.75, 3.05) is 19.6 Å². The number of nitrogens with zero attached hydrogens (tertiary/aromatic N) is 1. The van der Waals surface area contributed by atoms with Gasteiger partial charge in [-0.05, 0) is 44.8 Å². The number of nitrogens with two attached hydrogens (primary N) is 1. The van der Waals surface area contributed by atoms with Crippen LogP contribution in [0.3, 0.4) is 0 Å². The minimum Gasteiger partial charge on any atom is -0.330 e. The van der Waals surface area contributed by atoms with Crippen LogP contribution < -0.4 is 5.73 Å². The molecule has 0 radical (unpaired) electrons. The molecule has 2 atom stereocenters. The Morgan fingerprint density at radius 2 is 1.88 bits per heavy atom. The van der Waals surface area contributed by atoms with E-state index in [9.17, 15) is 0 Å². The first-order valence-corrected chi connectivity index (χ1v) is 7.27. The first kappa shape index (κ1) is 14.0. The molecular weight excluding hydrogens is 196 g/mol. The van der Waals surface area contributed by atoms with Crippen molar-refractivity contribution < 1.29 is 0 Å². The second-order valence-corrected chi connectivity index (χ2v) is 5.18. The average Bonchev–Trinajstić information content (AvgIpc) is 2.55. The van der Waals surface area contributed by atoms with Crippen LogP contribution in [0.2, 0.25) is 0 Å². The zero-order valence-corrected chi connectivity index (χ0v) is 11.3. The van der Waals surface area contributed by atoms with E-state index in [1.165, 1.54) is 58.0 Å². The molecule has 1 aliphatic rings. The van der Waals surface area contributed by atoms with Crippen molar-refractivity contribution >= 4 is 0 Å². The highest BCUT2D eigenvalue weighted by atomic mass is 15.2. The smallest absolute Gasteiger partial charge is 0.0135 e. The predicted molar refractivity (Wildman–Crippen MR) is 71.6 cm³/mol. The Morgan fingerprint density at radius 1 is 1.12 bits per heavy atom. The Balaban J connectivity index is 2.55. The summed E-state index contributed by atoms with van der Waals surface area (Å²) in [4.78, 5) is 2.69. The summed E-state index contributed by atoms with van der Waals surface area (Å²) in [6.45, 7) is 7.93. The summed E-state index contributed by atoms with van der Waals surface area (Å²) in [6, 6.07) is 0.768. The van der Waals surface area contributed by atoms with Gasteiger partial charge in [-0.2, -0.15) is 0 Å². The maximum absolute atomic E-state index is 5.96. The number of unbranched alkanes of at least 4 members (excludes halogenated alkanes) is 1. The highest BCUT2D eigenvalue weighted by molar-refractivity contribution is 4.82. The van der Waals surface area contributed by atoms with Crippen molar-refractivity contribution in [3.63, 3.8) is 0 Å². The van der Waals surface area contributed by atoms with E-state index in [4.69, 9.17) is 5.73 Å². The van der Waals surface area contributed by atoms with Gasteiger partial charge in [0.25, 0.3) is 0 Å². The molecule has 0 saturated heterocycles. The quantitative estimate of drug-likeness (QED) is 0.705. The van der Waals surface area contributed by atoms with Crippen LogP contribution in [0.5, 0.6) is 0 Å². The van der Waals surface area contributed by atoms with Crippen LogP contribution in [-0.2, 0) is 0 Å². The molecule has 0 amide bonds. The van der Waals surface area contributed by atoms with Crippen LogP contribution in [0.15, 0.2) is 0 Å². The lowest BCUT2D eigenvalue weighted by Gasteiger charge is -2.35. The van der Waals surface area contributed by atoms with Crippen LogP contribution >= 0.6 is 0 Å². The fourth-order valence-electron chi connectivity index (χ4n) is 3.04. The number of rotatable bonds is 6. The van der Waals surface area contributed by atoms with Crippen LogP contribution in [-0.4, -0.2) is 30.6 Å². The van der Waals surface area contributed by atoms with Crippen LogP contribution in [0.4, 0.5) is 0 Å². The Morgan fingerprint density at radius 3 is 2.50 bits per heavy atom. The molecule has 2 N–H and O–H groups in total.